The molecule has 0 saturated carbocycles. The highest BCUT2D eigenvalue weighted by molar-refractivity contribution is 5.95. The monoisotopic (exact) mass is 425 g/mol. The van der Waals surface area contributed by atoms with Gasteiger partial charge >= 0.3 is 5.92 Å². The smallest absolute Gasteiger partial charge is 0.331 e. The van der Waals surface area contributed by atoms with Crippen LogP contribution >= 0.6 is 0 Å². The molecule has 1 amide bonds. The molecule has 3 N–H and O–H groups in total. The van der Waals surface area contributed by atoms with Gasteiger partial charge in [0.1, 0.15) is 11.8 Å². The first-order chi connectivity index (χ1) is 14.6. The van der Waals surface area contributed by atoms with Crippen LogP contribution in [-0.2, 0) is 15.7 Å². The molecule has 4 rings (SSSR count). The van der Waals surface area contributed by atoms with Gasteiger partial charge in [-0.15, -0.1) is 0 Å². The molecule has 0 saturated heterocycles. The maximum atomic E-state index is 16.0. The number of aliphatic imine (C=N–C) groups is 1. The molecule has 0 radical (unpaired) electrons. The number of amides is 1. The van der Waals surface area contributed by atoms with E-state index in [0.29, 0.717) is 12.0 Å². The number of pyridine rings is 1. The second-order valence-corrected chi connectivity index (χ2v) is 8.35. The van der Waals surface area contributed by atoms with Crippen LogP contribution in [0.5, 0.6) is 0 Å². The number of nitrogens with two attached hydrogens (primary N) is 1. The molecule has 0 fully saturated rings. The van der Waals surface area contributed by atoms with E-state index in [-0.39, 0.29) is 23.1 Å². The van der Waals surface area contributed by atoms with Crippen LogP contribution in [0.4, 0.5) is 8.78 Å². The lowest BCUT2D eigenvalue weighted by molar-refractivity contribution is -0.180. The Kier molecular flexibility index (Phi) is 4.69. The normalized spacial score (nSPS) is 25.5. The van der Waals surface area contributed by atoms with Gasteiger partial charge in [-0.25, -0.2) is 9.98 Å². The first kappa shape index (κ1) is 20.7. The molecule has 31 heavy (non-hydrogen) atoms. The Morgan fingerprint density at radius 2 is 1.94 bits per heavy atom. The summed E-state index contributed by atoms with van der Waals surface area (Å²) in [5.74, 6) is -4.59. The average Bonchev–Trinajstić information content (AvgIpc) is 2.74. The number of benzene rings is 1. The number of hydrogen-bond donors (Lipinski definition) is 2. The van der Waals surface area contributed by atoms with E-state index < -0.39 is 29.6 Å². The van der Waals surface area contributed by atoms with Crippen molar-refractivity contribution >= 4 is 11.9 Å². The average molecular weight is 425 g/mol. The van der Waals surface area contributed by atoms with Crippen LogP contribution in [0.1, 0.15) is 53.9 Å². The van der Waals surface area contributed by atoms with Gasteiger partial charge in [-0.1, -0.05) is 38.1 Å². The molecule has 2 atom stereocenters. The number of carbonyl (C=O) groups excluding carboxylic acids is 1. The van der Waals surface area contributed by atoms with Crippen molar-refractivity contribution in [1.82, 2.24) is 10.3 Å². The van der Waals surface area contributed by atoms with Crippen molar-refractivity contribution in [3.05, 3.63) is 65.0 Å². The molecule has 160 valence electrons. The van der Waals surface area contributed by atoms with Gasteiger partial charge in [-0.05, 0) is 41.5 Å². The van der Waals surface area contributed by atoms with Gasteiger partial charge in [0.25, 0.3) is 11.9 Å². The lowest BCUT2D eigenvalue weighted by Gasteiger charge is -2.49. The minimum Gasteiger partial charge on any atom is -0.435 e. The number of halogens is 2. The summed E-state index contributed by atoms with van der Waals surface area (Å²) in [5, 5.41) is 11.4. The van der Waals surface area contributed by atoms with Crippen LogP contribution in [0.3, 0.4) is 0 Å². The third kappa shape index (κ3) is 3.10. The molecule has 1 aliphatic heterocycles. The van der Waals surface area contributed by atoms with Crippen molar-refractivity contribution < 1.29 is 18.3 Å². The predicted molar refractivity (Wildman–Crippen MR) is 108 cm³/mol. The van der Waals surface area contributed by atoms with Crippen molar-refractivity contribution in [2.45, 2.75) is 49.8 Å². The minimum atomic E-state index is -3.63. The fourth-order valence-corrected chi connectivity index (χ4v) is 4.34. The number of amidine groups is 1. The topological polar surface area (TPSA) is 113 Å². The summed E-state index contributed by atoms with van der Waals surface area (Å²) < 4.78 is 37.1. The zero-order valence-electron chi connectivity index (χ0n) is 17.0. The molecule has 2 aromatic rings. The number of fused-ring (bicyclic) bond motifs is 2. The van der Waals surface area contributed by atoms with Crippen LogP contribution in [0.25, 0.3) is 0 Å². The highest BCUT2D eigenvalue weighted by Gasteiger charge is 2.66. The maximum Gasteiger partial charge on any atom is 0.331 e. The number of nitrogens with zero attached hydrogens (tertiary/aromatic N) is 3. The molecular formula is C22H21F2N5O2. The van der Waals surface area contributed by atoms with Gasteiger partial charge in [0.2, 0.25) is 6.23 Å². The van der Waals surface area contributed by atoms with Gasteiger partial charge in [-0.3, -0.25) is 4.79 Å². The largest absolute Gasteiger partial charge is 0.435 e. The molecular weight excluding hydrogens is 404 g/mol. The molecule has 1 aromatic heterocycles. The Morgan fingerprint density at radius 1 is 1.23 bits per heavy atom. The highest BCUT2D eigenvalue weighted by atomic mass is 19.3. The van der Waals surface area contributed by atoms with E-state index in [9.17, 15) is 10.1 Å². The van der Waals surface area contributed by atoms with Crippen LogP contribution < -0.4 is 11.1 Å². The Hall–Kier alpha value is -3.54. The summed E-state index contributed by atoms with van der Waals surface area (Å²) in [7, 11) is 0. The predicted octanol–water partition coefficient (Wildman–Crippen LogP) is 2.96. The molecule has 9 heteroatoms. The Morgan fingerprint density at radius 3 is 2.65 bits per heavy atom. The summed E-state index contributed by atoms with van der Waals surface area (Å²) in [6, 6.07) is 11.1. The first-order valence-electron chi connectivity index (χ1n) is 9.78. The van der Waals surface area contributed by atoms with E-state index in [1.807, 2.05) is 26.0 Å². The molecule has 1 aromatic carbocycles. The van der Waals surface area contributed by atoms with Gasteiger partial charge in [-0.2, -0.15) is 14.0 Å². The molecule has 1 unspecified atom stereocenters. The van der Waals surface area contributed by atoms with Crippen LogP contribution in [0.2, 0.25) is 0 Å². The molecule has 1 spiro atoms. The lowest BCUT2D eigenvalue weighted by atomic mass is 9.63. The number of carbonyl (C=O) groups is 1. The molecule has 2 aliphatic rings. The number of aromatic nitrogens is 1. The van der Waals surface area contributed by atoms with Gasteiger partial charge in [0.05, 0.1) is 5.56 Å². The third-order valence-electron chi connectivity index (χ3n) is 6.04. The van der Waals surface area contributed by atoms with Crippen molar-refractivity contribution in [2.24, 2.45) is 10.7 Å². The summed E-state index contributed by atoms with van der Waals surface area (Å²) >= 11 is 0. The summed E-state index contributed by atoms with van der Waals surface area (Å²) in [6.07, 6.45) is -0.323. The summed E-state index contributed by atoms with van der Waals surface area (Å²) in [4.78, 5) is 20.6. The van der Waals surface area contributed by atoms with E-state index in [4.69, 9.17) is 10.5 Å². The van der Waals surface area contributed by atoms with Crippen molar-refractivity contribution in [3.63, 3.8) is 0 Å². The molecule has 0 bridgehead atoms. The van der Waals surface area contributed by atoms with Crippen molar-refractivity contribution in [3.8, 4) is 6.07 Å². The lowest BCUT2D eigenvalue weighted by Crippen LogP contribution is -2.65. The van der Waals surface area contributed by atoms with Crippen molar-refractivity contribution in [2.75, 3.05) is 0 Å². The standard InChI is InChI=1S/C22H21F2N5O2/c1-20(2)9-10-21(15-8-4-3-7-14(15)20)22(23,24)18(31-19(26)29-21)28-17(30)16-13(12-25)6-5-11-27-16/h3-8,11,18H,9-10H2,1-2H3,(H2,26,29)(H,28,30)/t18?,21-/m1/s1. The Labute approximate surface area is 177 Å². The quantitative estimate of drug-likeness (QED) is 0.768. The molecule has 2 heterocycles. The number of nitriles is 1. The van der Waals surface area contributed by atoms with E-state index in [1.54, 1.807) is 18.2 Å². The van der Waals surface area contributed by atoms with Gasteiger partial charge < -0.3 is 15.8 Å². The third-order valence-corrected chi connectivity index (χ3v) is 6.04. The summed E-state index contributed by atoms with van der Waals surface area (Å²) in [6.45, 7) is 3.99. The van der Waals surface area contributed by atoms with Gasteiger partial charge in [0, 0.05) is 6.20 Å². The SMILES string of the molecule is CC1(C)CC[C@@]2(N=C(N)OC(NC(=O)c3ncccc3C#N)C2(F)F)c2ccccc21. The fourth-order valence-electron chi connectivity index (χ4n) is 4.34. The van der Waals surface area contributed by atoms with E-state index in [0.717, 1.165) is 5.56 Å². The highest BCUT2D eigenvalue weighted by Crippen LogP contribution is 2.56. The number of ether oxygens (including phenoxy) is 1. The summed E-state index contributed by atoms with van der Waals surface area (Å²) in [5.41, 5.74) is 4.31. The number of alkyl halides is 2. The van der Waals surface area contributed by atoms with E-state index in [1.165, 1.54) is 18.3 Å². The van der Waals surface area contributed by atoms with Crippen molar-refractivity contribution in [1.29, 1.82) is 5.26 Å². The van der Waals surface area contributed by atoms with Crippen LogP contribution in [0.15, 0.2) is 47.6 Å². The van der Waals surface area contributed by atoms with Gasteiger partial charge in [0.15, 0.2) is 5.54 Å². The van der Waals surface area contributed by atoms with E-state index in [2.05, 4.69) is 15.3 Å². The number of nitrogens with one attached hydrogen (secondary N) is 1. The Bertz CT molecular complexity index is 1120. The fraction of sp³-hybridized carbons (Fsp3) is 0.364. The first-order valence-corrected chi connectivity index (χ1v) is 9.78. The zero-order valence-corrected chi connectivity index (χ0v) is 17.0. The number of hydrogen-bond acceptors (Lipinski definition) is 6. The Balaban J connectivity index is 1.77. The zero-order chi connectivity index (χ0) is 22.4. The second-order valence-electron chi connectivity index (χ2n) is 8.35. The molecule has 1 aliphatic carbocycles. The minimum absolute atomic E-state index is 0.0213. The van der Waals surface area contributed by atoms with Crippen LogP contribution in [0, 0.1) is 11.3 Å². The van der Waals surface area contributed by atoms with E-state index >= 15 is 8.78 Å². The second kappa shape index (κ2) is 7.01. The van der Waals surface area contributed by atoms with Crippen LogP contribution in [-0.4, -0.2) is 29.1 Å². The molecule has 7 nitrogen and oxygen atoms in total. The number of rotatable bonds is 2. The maximum absolute atomic E-state index is 16.0.